The van der Waals surface area contributed by atoms with E-state index in [0.29, 0.717) is 0 Å². The van der Waals surface area contributed by atoms with Gasteiger partial charge in [-0.25, -0.2) is 0 Å². The predicted octanol–water partition coefficient (Wildman–Crippen LogP) is 3.58. The summed E-state index contributed by atoms with van der Waals surface area (Å²) < 4.78 is 0. The summed E-state index contributed by atoms with van der Waals surface area (Å²) in [5.74, 6) is 0.794. The van der Waals surface area contributed by atoms with E-state index in [1.807, 2.05) is 6.20 Å². The molecule has 2 heterocycles. The predicted molar refractivity (Wildman–Crippen MR) is 80.1 cm³/mol. The zero-order chi connectivity index (χ0) is 12.9. The summed E-state index contributed by atoms with van der Waals surface area (Å²) in [7, 11) is 0. The van der Waals surface area contributed by atoms with Crippen LogP contribution in [0.1, 0.15) is 24.8 Å². The average Bonchev–Trinajstić information content (AvgIpc) is 3.10. The van der Waals surface area contributed by atoms with Gasteiger partial charge in [0.25, 0.3) is 0 Å². The van der Waals surface area contributed by atoms with E-state index in [0.717, 1.165) is 24.7 Å². The van der Waals surface area contributed by atoms with Crippen molar-refractivity contribution >= 4 is 11.3 Å². The van der Waals surface area contributed by atoms with Gasteiger partial charge in [0.15, 0.2) is 0 Å². The second-order valence-corrected chi connectivity index (χ2v) is 5.98. The van der Waals surface area contributed by atoms with E-state index in [1.165, 1.54) is 29.7 Å². The first-order chi connectivity index (χ1) is 9.43. The SMILES string of the molecule is C1=CCC(CNCc2cn[nH]c2-c2cccs2)CC1. The highest BCUT2D eigenvalue weighted by Crippen LogP contribution is 2.25. The monoisotopic (exact) mass is 273 g/mol. The van der Waals surface area contributed by atoms with Crippen LogP contribution in [-0.4, -0.2) is 16.7 Å². The minimum absolute atomic E-state index is 0.794. The van der Waals surface area contributed by atoms with E-state index in [9.17, 15) is 0 Å². The fourth-order valence-electron chi connectivity index (χ4n) is 2.53. The molecule has 3 rings (SSSR count). The lowest BCUT2D eigenvalue weighted by molar-refractivity contribution is 0.440. The molecule has 0 amide bonds. The highest BCUT2D eigenvalue weighted by atomic mass is 32.1. The van der Waals surface area contributed by atoms with E-state index in [1.54, 1.807) is 11.3 Å². The van der Waals surface area contributed by atoms with Crippen molar-refractivity contribution < 1.29 is 0 Å². The lowest BCUT2D eigenvalue weighted by atomic mass is 9.94. The number of H-pyrrole nitrogens is 1. The number of aromatic nitrogens is 2. The molecule has 3 nitrogen and oxygen atoms in total. The molecule has 0 bridgehead atoms. The number of hydrogen-bond donors (Lipinski definition) is 2. The van der Waals surface area contributed by atoms with Crippen molar-refractivity contribution in [2.75, 3.05) is 6.54 Å². The summed E-state index contributed by atoms with van der Waals surface area (Å²) in [5.41, 5.74) is 2.42. The van der Waals surface area contributed by atoms with Crippen LogP contribution >= 0.6 is 11.3 Å². The van der Waals surface area contributed by atoms with Crippen LogP contribution in [0.2, 0.25) is 0 Å². The number of rotatable bonds is 5. The minimum atomic E-state index is 0.794. The van der Waals surface area contributed by atoms with Gasteiger partial charge in [-0.1, -0.05) is 18.2 Å². The Balaban J connectivity index is 1.56. The van der Waals surface area contributed by atoms with Gasteiger partial charge in [-0.3, -0.25) is 5.10 Å². The Morgan fingerprint density at radius 3 is 3.21 bits per heavy atom. The largest absolute Gasteiger partial charge is 0.312 e. The first-order valence-electron chi connectivity index (χ1n) is 6.85. The van der Waals surface area contributed by atoms with Gasteiger partial charge in [0.1, 0.15) is 0 Å². The van der Waals surface area contributed by atoms with E-state index in [-0.39, 0.29) is 0 Å². The molecule has 0 spiro atoms. The fraction of sp³-hybridized carbons (Fsp3) is 0.400. The van der Waals surface area contributed by atoms with E-state index in [2.05, 4.69) is 45.2 Å². The summed E-state index contributed by atoms with van der Waals surface area (Å²) >= 11 is 1.75. The van der Waals surface area contributed by atoms with Crippen molar-refractivity contribution in [1.29, 1.82) is 0 Å². The molecule has 1 unspecified atom stereocenters. The Morgan fingerprint density at radius 1 is 1.42 bits per heavy atom. The quantitative estimate of drug-likeness (QED) is 0.817. The molecule has 2 aromatic heterocycles. The van der Waals surface area contributed by atoms with Crippen molar-refractivity contribution in [3.63, 3.8) is 0 Å². The normalized spacial score (nSPS) is 18.8. The molecule has 2 N–H and O–H groups in total. The van der Waals surface area contributed by atoms with E-state index < -0.39 is 0 Å². The Hall–Kier alpha value is -1.39. The smallest absolute Gasteiger partial charge is 0.0794 e. The average molecular weight is 273 g/mol. The van der Waals surface area contributed by atoms with Gasteiger partial charge in [-0.2, -0.15) is 5.10 Å². The molecule has 1 atom stereocenters. The van der Waals surface area contributed by atoms with Crippen LogP contribution in [-0.2, 0) is 6.54 Å². The van der Waals surface area contributed by atoms with Crippen LogP contribution in [0.15, 0.2) is 35.9 Å². The second-order valence-electron chi connectivity index (χ2n) is 5.03. The van der Waals surface area contributed by atoms with Gasteiger partial charge in [-0.15, -0.1) is 11.3 Å². The third kappa shape index (κ3) is 3.14. The number of allylic oxidation sites excluding steroid dienone is 2. The summed E-state index contributed by atoms with van der Waals surface area (Å²) in [6, 6.07) is 4.21. The Morgan fingerprint density at radius 2 is 2.42 bits per heavy atom. The standard InChI is InChI=1S/C15H19N3S/c1-2-5-12(6-3-1)9-16-10-13-11-17-18-15(13)14-7-4-8-19-14/h1-2,4,7-8,11-12,16H,3,5-6,9-10H2,(H,17,18). The highest BCUT2D eigenvalue weighted by molar-refractivity contribution is 7.13. The maximum atomic E-state index is 4.17. The Kier molecular flexibility index (Phi) is 4.10. The highest BCUT2D eigenvalue weighted by Gasteiger charge is 2.11. The topological polar surface area (TPSA) is 40.7 Å². The molecule has 0 saturated heterocycles. The van der Waals surface area contributed by atoms with Crippen molar-refractivity contribution in [2.24, 2.45) is 5.92 Å². The van der Waals surface area contributed by atoms with Crippen LogP contribution in [0.3, 0.4) is 0 Å². The van der Waals surface area contributed by atoms with Gasteiger partial charge < -0.3 is 5.32 Å². The molecule has 0 saturated carbocycles. The van der Waals surface area contributed by atoms with Crippen LogP contribution in [0.5, 0.6) is 0 Å². The molecule has 4 heteroatoms. The third-order valence-electron chi connectivity index (χ3n) is 3.61. The summed E-state index contributed by atoms with van der Waals surface area (Å²) in [5, 5.41) is 12.9. The molecular weight excluding hydrogens is 254 g/mol. The number of thiophene rings is 1. The van der Waals surface area contributed by atoms with Crippen LogP contribution in [0.25, 0.3) is 10.6 Å². The zero-order valence-electron chi connectivity index (χ0n) is 10.9. The van der Waals surface area contributed by atoms with Gasteiger partial charge in [0.05, 0.1) is 16.8 Å². The van der Waals surface area contributed by atoms with Crippen LogP contribution in [0.4, 0.5) is 0 Å². The number of hydrogen-bond acceptors (Lipinski definition) is 3. The second kappa shape index (κ2) is 6.17. The molecule has 1 aliphatic carbocycles. The first-order valence-corrected chi connectivity index (χ1v) is 7.73. The van der Waals surface area contributed by atoms with E-state index in [4.69, 9.17) is 0 Å². The molecule has 2 aromatic rings. The molecule has 0 aromatic carbocycles. The molecular formula is C15H19N3S. The van der Waals surface area contributed by atoms with Gasteiger partial charge in [0.2, 0.25) is 0 Å². The Bertz CT molecular complexity index is 527. The third-order valence-corrected chi connectivity index (χ3v) is 4.50. The van der Waals surface area contributed by atoms with Crippen molar-refractivity contribution in [1.82, 2.24) is 15.5 Å². The maximum absolute atomic E-state index is 4.17. The van der Waals surface area contributed by atoms with Crippen molar-refractivity contribution in [2.45, 2.75) is 25.8 Å². The van der Waals surface area contributed by atoms with E-state index >= 15 is 0 Å². The number of nitrogens with one attached hydrogen (secondary N) is 2. The first kappa shape index (κ1) is 12.6. The zero-order valence-corrected chi connectivity index (χ0v) is 11.7. The lowest BCUT2D eigenvalue weighted by Gasteiger charge is -2.18. The summed E-state index contributed by atoms with van der Waals surface area (Å²) in [6.07, 6.45) is 10.3. The molecule has 19 heavy (non-hydrogen) atoms. The van der Waals surface area contributed by atoms with Crippen molar-refractivity contribution in [3.05, 3.63) is 41.4 Å². The van der Waals surface area contributed by atoms with Crippen LogP contribution in [0, 0.1) is 5.92 Å². The summed E-state index contributed by atoms with van der Waals surface area (Å²) in [6.45, 7) is 1.99. The molecule has 0 fully saturated rings. The molecule has 0 radical (unpaired) electrons. The minimum Gasteiger partial charge on any atom is -0.312 e. The summed E-state index contributed by atoms with van der Waals surface area (Å²) in [4.78, 5) is 1.26. The van der Waals surface area contributed by atoms with Crippen molar-refractivity contribution in [3.8, 4) is 10.6 Å². The maximum Gasteiger partial charge on any atom is 0.0794 e. The Labute approximate surface area is 117 Å². The number of nitrogens with zero attached hydrogens (tertiary/aromatic N) is 1. The number of aromatic amines is 1. The lowest BCUT2D eigenvalue weighted by Crippen LogP contribution is -2.23. The molecule has 100 valence electrons. The van der Waals surface area contributed by atoms with Gasteiger partial charge >= 0.3 is 0 Å². The van der Waals surface area contributed by atoms with Gasteiger partial charge in [0, 0.05) is 12.1 Å². The molecule has 1 aliphatic rings. The fourth-order valence-corrected chi connectivity index (χ4v) is 3.29. The van der Waals surface area contributed by atoms with Gasteiger partial charge in [-0.05, 0) is 43.2 Å². The van der Waals surface area contributed by atoms with Crippen LogP contribution < -0.4 is 5.32 Å². The molecule has 0 aliphatic heterocycles.